The number of benzene rings is 1. The second-order valence-corrected chi connectivity index (χ2v) is 6.02. The first-order chi connectivity index (χ1) is 9.16. The van der Waals surface area contributed by atoms with Crippen molar-refractivity contribution in [2.45, 2.75) is 45.2 Å². The molecule has 0 radical (unpaired) electrons. The molecule has 3 rings (SSSR count). The molecule has 2 aliphatic rings. The van der Waals surface area contributed by atoms with Gasteiger partial charge >= 0.3 is 0 Å². The SMILES string of the molecule is CC(C(=O)N(Cc1ccccc1N)C1CC1)C1CC1. The molecule has 19 heavy (non-hydrogen) atoms. The number of carbonyl (C=O) groups is 1. The average molecular weight is 258 g/mol. The summed E-state index contributed by atoms with van der Waals surface area (Å²) in [7, 11) is 0. The summed E-state index contributed by atoms with van der Waals surface area (Å²) in [5, 5.41) is 0. The van der Waals surface area contributed by atoms with Gasteiger partial charge in [-0.2, -0.15) is 0 Å². The van der Waals surface area contributed by atoms with Crippen molar-refractivity contribution < 1.29 is 4.79 Å². The van der Waals surface area contributed by atoms with Crippen LogP contribution in [0, 0.1) is 11.8 Å². The second kappa shape index (κ2) is 4.87. The summed E-state index contributed by atoms with van der Waals surface area (Å²) < 4.78 is 0. The molecule has 1 amide bonds. The van der Waals surface area contributed by atoms with Gasteiger partial charge in [-0.25, -0.2) is 0 Å². The lowest BCUT2D eigenvalue weighted by Gasteiger charge is -2.26. The Labute approximate surface area is 114 Å². The van der Waals surface area contributed by atoms with Crippen molar-refractivity contribution in [2.24, 2.45) is 11.8 Å². The predicted octanol–water partition coefficient (Wildman–Crippen LogP) is 2.81. The number of rotatable bonds is 5. The second-order valence-electron chi connectivity index (χ2n) is 6.02. The highest BCUT2D eigenvalue weighted by Crippen LogP contribution is 2.39. The van der Waals surface area contributed by atoms with Crippen LogP contribution < -0.4 is 5.73 Å². The first kappa shape index (κ1) is 12.5. The number of nitrogens with zero attached hydrogens (tertiary/aromatic N) is 1. The lowest BCUT2D eigenvalue weighted by Crippen LogP contribution is -2.37. The van der Waals surface area contributed by atoms with E-state index >= 15 is 0 Å². The van der Waals surface area contributed by atoms with Gasteiger partial charge in [-0.3, -0.25) is 4.79 Å². The molecule has 0 aromatic heterocycles. The van der Waals surface area contributed by atoms with Gasteiger partial charge in [0.15, 0.2) is 0 Å². The Morgan fingerprint density at radius 2 is 2.00 bits per heavy atom. The molecule has 0 heterocycles. The molecule has 2 fully saturated rings. The van der Waals surface area contributed by atoms with E-state index in [4.69, 9.17) is 5.73 Å². The monoisotopic (exact) mass is 258 g/mol. The summed E-state index contributed by atoms with van der Waals surface area (Å²) in [5.74, 6) is 1.14. The Morgan fingerprint density at radius 3 is 2.58 bits per heavy atom. The van der Waals surface area contributed by atoms with Crippen LogP contribution in [0.3, 0.4) is 0 Å². The number of nitrogen functional groups attached to an aromatic ring is 1. The Hall–Kier alpha value is -1.51. The maximum Gasteiger partial charge on any atom is 0.226 e. The molecule has 0 saturated heterocycles. The molecule has 1 atom stereocenters. The molecule has 1 aromatic rings. The molecule has 3 nitrogen and oxygen atoms in total. The Balaban J connectivity index is 1.74. The first-order valence-corrected chi connectivity index (χ1v) is 7.30. The van der Waals surface area contributed by atoms with Crippen LogP contribution in [0.5, 0.6) is 0 Å². The highest BCUT2D eigenvalue weighted by atomic mass is 16.2. The van der Waals surface area contributed by atoms with Crippen LogP contribution in [0.4, 0.5) is 5.69 Å². The zero-order valence-corrected chi connectivity index (χ0v) is 11.5. The minimum absolute atomic E-state index is 0.186. The van der Waals surface area contributed by atoms with Crippen molar-refractivity contribution in [1.29, 1.82) is 0 Å². The molecule has 0 spiro atoms. The Morgan fingerprint density at radius 1 is 1.32 bits per heavy atom. The summed E-state index contributed by atoms with van der Waals surface area (Å²) in [6.45, 7) is 2.76. The molecular formula is C16H22N2O. The number of para-hydroxylation sites is 1. The highest BCUT2D eigenvalue weighted by molar-refractivity contribution is 5.80. The third-order valence-corrected chi connectivity index (χ3v) is 4.39. The Kier molecular flexibility index (Phi) is 3.21. The topological polar surface area (TPSA) is 46.3 Å². The zero-order valence-electron chi connectivity index (χ0n) is 11.5. The molecule has 2 aliphatic carbocycles. The van der Waals surface area contributed by atoms with Gasteiger partial charge in [0.2, 0.25) is 5.91 Å². The number of anilines is 1. The van der Waals surface area contributed by atoms with E-state index in [0.717, 1.165) is 24.1 Å². The first-order valence-electron chi connectivity index (χ1n) is 7.30. The van der Waals surface area contributed by atoms with Crippen LogP contribution in [0.1, 0.15) is 38.2 Å². The number of carbonyl (C=O) groups excluding carboxylic acids is 1. The van der Waals surface area contributed by atoms with Crippen LogP contribution in [0.15, 0.2) is 24.3 Å². The number of nitrogens with two attached hydrogens (primary N) is 1. The molecule has 2 N–H and O–H groups in total. The third-order valence-electron chi connectivity index (χ3n) is 4.39. The number of amides is 1. The van der Waals surface area contributed by atoms with Crippen molar-refractivity contribution >= 4 is 11.6 Å². The highest BCUT2D eigenvalue weighted by Gasteiger charge is 2.39. The van der Waals surface area contributed by atoms with Gasteiger partial charge < -0.3 is 10.6 Å². The standard InChI is InChI=1S/C16H22N2O/c1-11(12-6-7-12)16(19)18(14-8-9-14)10-13-4-2-3-5-15(13)17/h2-5,11-12,14H,6-10,17H2,1H3. The minimum Gasteiger partial charge on any atom is -0.398 e. The molecule has 1 unspecified atom stereocenters. The number of hydrogen-bond donors (Lipinski definition) is 1. The van der Waals surface area contributed by atoms with E-state index in [9.17, 15) is 4.79 Å². The fraction of sp³-hybridized carbons (Fsp3) is 0.562. The van der Waals surface area contributed by atoms with E-state index < -0.39 is 0 Å². The average Bonchev–Trinajstić information content (AvgIpc) is 3.29. The molecule has 3 heteroatoms. The van der Waals surface area contributed by atoms with Crippen molar-refractivity contribution in [2.75, 3.05) is 5.73 Å². The van der Waals surface area contributed by atoms with E-state index in [1.807, 2.05) is 24.3 Å². The maximum absolute atomic E-state index is 12.6. The van der Waals surface area contributed by atoms with E-state index in [1.54, 1.807) is 0 Å². The molecule has 1 aromatic carbocycles. The summed E-state index contributed by atoms with van der Waals surface area (Å²) in [4.78, 5) is 14.7. The van der Waals surface area contributed by atoms with E-state index in [2.05, 4.69) is 11.8 Å². The van der Waals surface area contributed by atoms with E-state index in [1.165, 1.54) is 12.8 Å². The van der Waals surface area contributed by atoms with Crippen molar-refractivity contribution in [3.05, 3.63) is 29.8 Å². The molecule has 102 valence electrons. The molecule has 0 bridgehead atoms. The smallest absolute Gasteiger partial charge is 0.226 e. The van der Waals surface area contributed by atoms with Crippen LogP contribution in [0.2, 0.25) is 0 Å². The summed E-state index contributed by atoms with van der Waals surface area (Å²) in [6.07, 6.45) is 4.74. The van der Waals surface area contributed by atoms with E-state index in [-0.39, 0.29) is 5.92 Å². The van der Waals surface area contributed by atoms with Gasteiger partial charge in [-0.1, -0.05) is 25.1 Å². The van der Waals surface area contributed by atoms with Crippen LogP contribution in [0.25, 0.3) is 0 Å². The van der Waals surface area contributed by atoms with E-state index in [0.29, 0.717) is 24.4 Å². The predicted molar refractivity (Wildman–Crippen MR) is 76.3 cm³/mol. The van der Waals surface area contributed by atoms with Gasteiger partial charge in [0.25, 0.3) is 0 Å². The zero-order chi connectivity index (χ0) is 13.4. The quantitative estimate of drug-likeness (QED) is 0.825. The maximum atomic E-state index is 12.6. The lowest BCUT2D eigenvalue weighted by molar-refractivity contribution is -0.136. The van der Waals surface area contributed by atoms with Gasteiger partial charge in [0.05, 0.1) is 0 Å². The summed E-state index contributed by atoms with van der Waals surface area (Å²) >= 11 is 0. The summed E-state index contributed by atoms with van der Waals surface area (Å²) in [6, 6.07) is 8.32. The minimum atomic E-state index is 0.186. The largest absolute Gasteiger partial charge is 0.398 e. The van der Waals surface area contributed by atoms with Crippen molar-refractivity contribution in [3.63, 3.8) is 0 Å². The van der Waals surface area contributed by atoms with Crippen molar-refractivity contribution in [1.82, 2.24) is 4.90 Å². The summed E-state index contributed by atoms with van der Waals surface area (Å²) in [5.41, 5.74) is 7.87. The van der Waals surface area contributed by atoms with Gasteiger partial charge in [0, 0.05) is 24.2 Å². The van der Waals surface area contributed by atoms with Gasteiger partial charge in [-0.05, 0) is 43.2 Å². The fourth-order valence-corrected chi connectivity index (χ4v) is 2.69. The number of hydrogen-bond acceptors (Lipinski definition) is 2. The van der Waals surface area contributed by atoms with Crippen LogP contribution in [-0.2, 0) is 11.3 Å². The van der Waals surface area contributed by atoms with Crippen LogP contribution in [-0.4, -0.2) is 16.8 Å². The molecular weight excluding hydrogens is 236 g/mol. The van der Waals surface area contributed by atoms with Crippen LogP contribution >= 0.6 is 0 Å². The molecule has 2 saturated carbocycles. The Bertz CT molecular complexity index is 477. The van der Waals surface area contributed by atoms with Gasteiger partial charge in [-0.15, -0.1) is 0 Å². The normalized spacial score (nSPS) is 20.1. The third kappa shape index (κ3) is 2.75. The lowest BCUT2D eigenvalue weighted by atomic mass is 10.0. The fourth-order valence-electron chi connectivity index (χ4n) is 2.69. The van der Waals surface area contributed by atoms with Crippen molar-refractivity contribution in [3.8, 4) is 0 Å². The van der Waals surface area contributed by atoms with Gasteiger partial charge in [0.1, 0.15) is 0 Å². The molecule has 0 aliphatic heterocycles.